The van der Waals surface area contributed by atoms with Gasteiger partial charge in [-0.25, -0.2) is 0 Å². The Bertz CT molecular complexity index is 336. The van der Waals surface area contributed by atoms with Crippen molar-refractivity contribution in [3.05, 3.63) is 28.3 Å². The molecule has 0 aromatic heterocycles. The molecule has 0 unspecified atom stereocenters. The fraction of sp³-hybridized carbons (Fsp3) is 0.364. The molecular weight excluding hydrogens is 198 g/mol. The second kappa shape index (κ2) is 5.01. The standard InChI is InChI=1S/C11H14ClNO/c1-3-8-5-6-10(12)9(4-2)11(8)13-7-14/h5-7H,3-4H2,1-2H3,(H,13,14). The molecular formula is C11H14ClNO. The zero-order valence-electron chi connectivity index (χ0n) is 8.43. The first-order chi connectivity index (χ1) is 6.74. The molecule has 1 aromatic rings. The van der Waals surface area contributed by atoms with E-state index in [1.165, 1.54) is 0 Å². The van der Waals surface area contributed by atoms with Crippen molar-refractivity contribution < 1.29 is 4.79 Å². The van der Waals surface area contributed by atoms with Crippen LogP contribution in [-0.4, -0.2) is 6.41 Å². The van der Waals surface area contributed by atoms with E-state index in [0.717, 1.165) is 29.7 Å². The lowest BCUT2D eigenvalue weighted by molar-refractivity contribution is -0.105. The third-order valence-electron chi connectivity index (χ3n) is 2.28. The number of amides is 1. The minimum atomic E-state index is 0.698. The molecule has 0 heterocycles. The summed E-state index contributed by atoms with van der Waals surface area (Å²) in [5.74, 6) is 0. The molecule has 1 rings (SSSR count). The van der Waals surface area contributed by atoms with Crippen molar-refractivity contribution in [1.82, 2.24) is 0 Å². The summed E-state index contributed by atoms with van der Waals surface area (Å²) >= 11 is 6.04. The number of benzene rings is 1. The van der Waals surface area contributed by atoms with Gasteiger partial charge in [-0.3, -0.25) is 4.79 Å². The molecule has 0 saturated heterocycles. The Labute approximate surface area is 89.3 Å². The molecule has 0 spiro atoms. The average molecular weight is 212 g/mol. The lowest BCUT2D eigenvalue weighted by Crippen LogP contribution is -2.03. The molecule has 0 radical (unpaired) electrons. The molecule has 1 aromatic carbocycles. The van der Waals surface area contributed by atoms with E-state index in [4.69, 9.17) is 11.6 Å². The van der Waals surface area contributed by atoms with E-state index < -0.39 is 0 Å². The maximum absolute atomic E-state index is 10.5. The number of halogens is 1. The van der Waals surface area contributed by atoms with Crippen molar-refractivity contribution in [2.45, 2.75) is 26.7 Å². The summed E-state index contributed by atoms with van der Waals surface area (Å²) in [6.07, 6.45) is 2.41. The van der Waals surface area contributed by atoms with Crippen LogP contribution in [0.3, 0.4) is 0 Å². The molecule has 0 atom stereocenters. The second-order valence-electron chi connectivity index (χ2n) is 3.03. The Balaban J connectivity index is 3.27. The molecule has 3 heteroatoms. The number of hydrogen-bond donors (Lipinski definition) is 1. The van der Waals surface area contributed by atoms with Gasteiger partial charge in [0.15, 0.2) is 0 Å². The summed E-state index contributed by atoms with van der Waals surface area (Å²) in [5, 5.41) is 3.44. The van der Waals surface area contributed by atoms with E-state index in [1.807, 2.05) is 19.1 Å². The molecule has 1 N–H and O–H groups in total. The van der Waals surface area contributed by atoms with Gasteiger partial charge in [0, 0.05) is 10.7 Å². The summed E-state index contributed by atoms with van der Waals surface area (Å²) in [7, 11) is 0. The van der Waals surface area contributed by atoms with Crippen LogP contribution in [0, 0.1) is 0 Å². The van der Waals surface area contributed by atoms with Gasteiger partial charge in [0.25, 0.3) is 0 Å². The first-order valence-electron chi connectivity index (χ1n) is 4.75. The average Bonchev–Trinajstić information content (AvgIpc) is 2.19. The Kier molecular flexibility index (Phi) is 3.96. The second-order valence-corrected chi connectivity index (χ2v) is 3.44. The Morgan fingerprint density at radius 2 is 2.07 bits per heavy atom. The number of nitrogens with one attached hydrogen (secondary N) is 1. The smallest absolute Gasteiger partial charge is 0.211 e. The highest BCUT2D eigenvalue weighted by atomic mass is 35.5. The van der Waals surface area contributed by atoms with Crippen LogP contribution >= 0.6 is 11.6 Å². The van der Waals surface area contributed by atoms with Crippen LogP contribution < -0.4 is 5.32 Å². The van der Waals surface area contributed by atoms with Crippen LogP contribution in [0.2, 0.25) is 5.02 Å². The topological polar surface area (TPSA) is 29.1 Å². The lowest BCUT2D eigenvalue weighted by Gasteiger charge is -2.13. The van der Waals surface area contributed by atoms with Crippen molar-refractivity contribution in [1.29, 1.82) is 0 Å². The first kappa shape index (κ1) is 11.1. The summed E-state index contributed by atoms with van der Waals surface area (Å²) in [4.78, 5) is 10.5. The van der Waals surface area contributed by atoms with E-state index in [0.29, 0.717) is 11.4 Å². The zero-order chi connectivity index (χ0) is 10.6. The highest BCUT2D eigenvalue weighted by Crippen LogP contribution is 2.28. The number of anilines is 1. The van der Waals surface area contributed by atoms with E-state index in [2.05, 4.69) is 12.2 Å². The monoisotopic (exact) mass is 211 g/mol. The van der Waals surface area contributed by atoms with Crippen molar-refractivity contribution in [2.24, 2.45) is 0 Å². The first-order valence-corrected chi connectivity index (χ1v) is 5.12. The third kappa shape index (κ3) is 2.07. The highest BCUT2D eigenvalue weighted by Gasteiger charge is 2.08. The molecule has 1 amide bonds. The molecule has 76 valence electrons. The van der Waals surface area contributed by atoms with Gasteiger partial charge in [0.1, 0.15) is 0 Å². The lowest BCUT2D eigenvalue weighted by atomic mass is 10.0. The van der Waals surface area contributed by atoms with Crippen LogP contribution in [0.5, 0.6) is 0 Å². The largest absolute Gasteiger partial charge is 0.328 e. The minimum Gasteiger partial charge on any atom is -0.328 e. The molecule has 0 aliphatic heterocycles. The van der Waals surface area contributed by atoms with Gasteiger partial charge < -0.3 is 5.32 Å². The molecule has 14 heavy (non-hydrogen) atoms. The number of carbonyl (C=O) groups is 1. The van der Waals surface area contributed by atoms with Crippen molar-refractivity contribution in [2.75, 3.05) is 5.32 Å². The number of aryl methyl sites for hydroxylation is 1. The molecule has 0 aliphatic rings. The Morgan fingerprint density at radius 1 is 1.36 bits per heavy atom. The van der Waals surface area contributed by atoms with Crippen LogP contribution in [0.4, 0.5) is 5.69 Å². The van der Waals surface area contributed by atoms with Crippen molar-refractivity contribution in [3.63, 3.8) is 0 Å². The zero-order valence-corrected chi connectivity index (χ0v) is 9.19. The summed E-state index contributed by atoms with van der Waals surface area (Å²) in [5.41, 5.74) is 3.01. The van der Waals surface area contributed by atoms with Gasteiger partial charge >= 0.3 is 0 Å². The fourth-order valence-electron chi connectivity index (χ4n) is 1.55. The van der Waals surface area contributed by atoms with E-state index in [1.54, 1.807) is 0 Å². The Hall–Kier alpha value is -1.02. The molecule has 0 bridgehead atoms. The van der Waals surface area contributed by atoms with E-state index in [9.17, 15) is 4.79 Å². The molecule has 2 nitrogen and oxygen atoms in total. The fourth-order valence-corrected chi connectivity index (χ4v) is 1.84. The molecule has 0 aliphatic carbocycles. The SMILES string of the molecule is CCc1ccc(Cl)c(CC)c1NC=O. The van der Waals surface area contributed by atoms with Crippen molar-refractivity contribution >= 4 is 23.7 Å². The third-order valence-corrected chi connectivity index (χ3v) is 2.63. The van der Waals surface area contributed by atoms with Crippen LogP contribution in [0.15, 0.2) is 12.1 Å². The van der Waals surface area contributed by atoms with E-state index >= 15 is 0 Å². The summed E-state index contributed by atoms with van der Waals surface area (Å²) in [6, 6.07) is 3.84. The predicted octanol–water partition coefficient (Wildman–Crippen LogP) is 3.03. The van der Waals surface area contributed by atoms with Crippen LogP contribution in [-0.2, 0) is 17.6 Å². The molecule has 0 saturated carbocycles. The number of hydrogen-bond acceptors (Lipinski definition) is 1. The number of carbonyl (C=O) groups excluding carboxylic acids is 1. The maximum Gasteiger partial charge on any atom is 0.211 e. The van der Waals surface area contributed by atoms with Gasteiger partial charge in [0.05, 0.1) is 0 Å². The van der Waals surface area contributed by atoms with Gasteiger partial charge in [-0.1, -0.05) is 31.5 Å². The van der Waals surface area contributed by atoms with Crippen molar-refractivity contribution in [3.8, 4) is 0 Å². The van der Waals surface area contributed by atoms with Crippen LogP contribution in [0.25, 0.3) is 0 Å². The van der Waals surface area contributed by atoms with Gasteiger partial charge in [-0.2, -0.15) is 0 Å². The normalized spacial score (nSPS) is 9.93. The van der Waals surface area contributed by atoms with Gasteiger partial charge in [0.2, 0.25) is 6.41 Å². The van der Waals surface area contributed by atoms with Gasteiger partial charge in [-0.05, 0) is 30.0 Å². The summed E-state index contributed by atoms with van der Waals surface area (Å²) in [6.45, 7) is 4.08. The Morgan fingerprint density at radius 3 is 2.57 bits per heavy atom. The molecule has 0 fully saturated rings. The minimum absolute atomic E-state index is 0.698. The highest BCUT2D eigenvalue weighted by molar-refractivity contribution is 6.31. The maximum atomic E-state index is 10.5. The summed E-state index contributed by atoms with van der Waals surface area (Å²) < 4.78 is 0. The van der Waals surface area contributed by atoms with Gasteiger partial charge in [-0.15, -0.1) is 0 Å². The number of rotatable bonds is 4. The predicted molar refractivity (Wildman–Crippen MR) is 59.9 cm³/mol. The van der Waals surface area contributed by atoms with Crippen LogP contribution in [0.1, 0.15) is 25.0 Å². The quantitative estimate of drug-likeness (QED) is 0.763. The van der Waals surface area contributed by atoms with E-state index in [-0.39, 0.29) is 0 Å².